The van der Waals surface area contributed by atoms with Crippen LogP contribution < -0.4 is 0 Å². The molecule has 0 spiro atoms. The van der Waals surface area contributed by atoms with E-state index < -0.39 is 30.4 Å². The van der Waals surface area contributed by atoms with Crippen LogP contribution in [-0.4, -0.2) is 44.9 Å². The summed E-state index contributed by atoms with van der Waals surface area (Å²) in [5.74, 6) is -2.92. The lowest BCUT2D eigenvalue weighted by Crippen LogP contribution is -2.24. The number of carbonyl (C=O) groups is 2. The van der Waals surface area contributed by atoms with Gasteiger partial charge < -0.3 is 25.2 Å². The number of carbonyl (C=O) groups excluding carboxylic acids is 1. The molecule has 0 aliphatic rings. The van der Waals surface area contributed by atoms with Crippen LogP contribution in [0.2, 0.25) is 0 Å². The van der Waals surface area contributed by atoms with E-state index in [-0.39, 0.29) is 0 Å². The van der Waals surface area contributed by atoms with Crippen molar-refractivity contribution in [3.63, 3.8) is 0 Å². The Hall–Kier alpha value is -1.44. The summed E-state index contributed by atoms with van der Waals surface area (Å²) in [7, 11) is 0. The molecule has 0 aromatic heterocycles. The Kier molecular flexibility index (Phi) is 9.37. The van der Waals surface area contributed by atoms with Crippen LogP contribution in [-0.2, 0) is 14.3 Å². The minimum Gasteiger partial charge on any atom is -0.481 e. The van der Waals surface area contributed by atoms with E-state index in [1.165, 1.54) is 13.8 Å². The van der Waals surface area contributed by atoms with Crippen LogP contribution in [0.1, 0.15) is 13.8 Å². The summed E-state index contributed by atoms with van der Waals surface area (Å²) in [6.45, 7) is 5.69. The zero-order chi connectivity index (χ0) is 13.3. The van der Waals surface area contributed by atoms with Gasteiger partial charge in [-0.05, 0) is 13.8 Å². The second-order valence-electron chi connectivity index (χ2n) is 2.78. The van der Waals surface area contributed by atoms with Gasteiger partial charge in [0, 0.05) is 6.08 Å². The fraction of sp³-hybridized carbons (Fsp3) is 0.556. The van der Waals surface area contributed by atoms with E-state index in [1.54, 1.807) is 0 Å². The third-order valence-corrected chi connectivity index (χ3v) is 1.29. The first-order chi connectivity index (χ1) is 7.22. The first-order valence-corrected chi connectivity index (χ1v) is 4.32. The van der Waals surface area contributed by atoms with Crippen LogP contribution in [0.4, 0.5) is 0 Å². The summed E-state index contributed by atoms with van der Waals surface area (Å²) in [5.41, 5.74) is 0. The molecular weight excluding hydrogens is 220 g/mol. The Morgan fingerprint density at radius 1 is 1.25 bits per heavy atom. The summed E-state index contributed by atoms with van der Waals surface area (Å²) < 4.78 is 4.20. The molecule has 16 heavy (non-hydrogen) atoms. The lowest BCUT2D eigenvalue weighted by molar-refractivity contribution is -0.159. The number of aliphatic hydroxyl groups excluding tert-OH is 2. The van der Waals surface area contributed by atoms with Crippen molar-refractivity contribution < 1.29 is 34.8 Å². The fourth-order valence-electron chi connectivity index (χ4n) is 0.344. The zero-order valence-electron chi connectivity index (χ0n) is 9.03. The predicted octanol–water partition coefficient (Wildman–Crippen LogP) is -0.928. The van der Waals surface area contributed by atoms with E-state index in [0.717, 1.165) is 6.08 Å². The normalized spacial score (nSPS) is 13.1. The molecule has 94 valence electrons. The van der Waals surface area contributed by atoms with Gasteiger partial charge in [-0.25, -0.2) is 4.79 Å². The number of aliphatic hydroxyl groups is 3. The van der Waals surface area contributed by atoms with Gasteiger partial charge in [-0.2, -0.15) is 0 Å². The smallest absolute Gasteiger partial charge is 0.332 e. The molecule has 0 saturated carbocycles. The van der Waals surface area contributed by atoms with Gasteiger partial charge in [0.05, 0.1) is 0 Å². The number of rotatable bonds is 4. The highest BCUT2D eigenvalue weighted by molar-refractivity contribution is 5.81. The number of hydrogen-bond donors (Lipinski definition) is 4. The molecule has 0 radical (unpaired) electrons. The number of carboxylic acids is 1. The highest BCUT2D eigenvalue weighted by Crippen LogP contribution is 1.97. The molecule has 0 aliphatic heterocycles. The molecule has 0 aromatic rings. The van der Waals surface area contributed by atoms with Crippen molar-refractivity contribution in [1.29, 1.82) is 0 Å². The number of aliphatic carboxylic acids is 1. The van der Waals surface area contributed by atoms with Crippen molar-refractivity contribution in [2.24, 2.45) is 5.92 Å². The topological polar surface area (TPSA) is 124 Å². The predicted molar refractivity (Wildman–Crippen MR) is 53.0 cm³/mol. The maximum Gasteiger partial charge on any atom is 0.332 e. The lowest BCUT2D eigenvalue weighted by atomic mass is 10.2. The van der Waals surface area contributed by atoms with E-state index in [4.69, 9.17) is 20.4 Å². The van der Waals surface area contributed by atoms with E-state index in [9.17, 15) is 9.59 Å². The molecule has 2 atom stereocenters. The standard InChI is InChI=1S/C5H8O3.C4H8O4/c1-3-5(7)8-4(2)6;1-2(3(5)6)4(7)8/h3-4,6H,1H2,2H3;2-3,5-6H,1H3,(H,7,8). The van der Waals surface area contributed by atoms with Gasteiger partial charge in [-0.15, -0.1) is 0 Å². The van der Waals surface area contributed by atoms with Crippen molar-refractivity contribution >= 4 is 11.9 Å². The SMILES string of the molecule is C=CC(=O)OC(C)O.CC(C(=O)O)C(O)O. The van der Waals surface area contributed by atoms with Crippen LogP contribution in [0.25, 0.3) is 0 Å². The van der Waals surface area contributed by atoms with Crippen LogP contribution in [0.3, 0.4) is 0 Å². The van der Waals surface area contributed by atoms with Gasteiger partial charge in [0.15, 0.2) is 12.6 Å². The summed E-state index contributed by atoms with van der Waals surface area (Å²) in [4.78, 5) is 19.9. The van der Waals surface area contributed by atoms with E-state index >= 15 is 0 Å². The number of esters is 1. The monoisotopic (exact) mass is 236 g/mol. The second-order valence-corrected chi connectivity index (χ2v) is 2.78. The molecule has 2 unspecified atom stereocenters. The third-order valence-electron chi connectivity index (χ3n) is 1.29. The summed E-state index contributed by atoms with van der Waals surface area (Å²) in [6, 6.07) is 0. The van der Waals surface area contributed by atoms with Crippen molar-refractivity contribution in [3.8, 4) is 0 Å². The van der Waals surface area contributed by atoms with Gasteiger partial charge in [0.1, 0.15) is 5.92 Å². The average molecular weight is 236 g/mol. The largest absolute Gasteiger partial charge is 0.481 e. The number of hydrogen-bond acceptors (Lipinski definition) is 6. The fourth-order valence-corrected chi connectivity index (χ4v) is 0.344. The zero-order valence-corrected chi connectivity index (χ0v) is 9.03. The van der Waals surface area contributed by atoms with Gasteiger partial charge in [0.2, 0.25) is 0 Å². The lowest BCUT2D eigenvalue weighted by Gasteiger charge is -2.05. The minimum atomic E-state index is -1.76. The molecular formula is C9H16O7. The minimum absolute atomic E-state index is 0.611. The third kappa shape index (κ3) is 10.6. The molecule has 7 heteroatoms. The summed E-state index contributed by atoms with van der Waals surface area (Å²) >= 11 is 0. The molecule has 0 bridgehead atoms. The number of ether oxygens (including phenoxy) is 1. The van der Waals surface area contributed by atoms with E-state index in [1.807, 2.05) is 0 Å². The van der Waals surface area contributed by atoms with Gasteiger partial charge in [-0.3, -0.25) is 4.79 Å². The quantitative estimate of drug-likeness (QED) is 0.282. The highest BCUT2D eigenvalue weighted by Gasteiger charge is 2.17. The van der Waals surface area contributed by atoms with Crippen LogP contribution in [0, 0.1) is 5.92 Å². The van der Waals surface area contributed by atoms with E-state index in [0.29, 0.717) is 0 Å². The Morgan fingerprint density at radius 2 is 1.69 bits per heavy atom. The summed E-state index contributed by atoms with van der Waals surface area (Å²) in [6.07, 6.45) is -1.81. The molecule has 0 rings (SSSR count). The van der Waals surface area contributed by atoms with Gasteiger partial charge >= 0.3 is 11.9 Å². The molecule has 0 aliphatic carbocycles. The summed E-state index contributed by atoms with van der Waals surface area (Å²) in [5, 5.41) is 32.7. The van der Waals surface area contributed by atoms with Crippen molar-refractivity contribution in [3.05, 3.63) is 12.7 Å². The Labute approximate surface area is 92.6 Å². The highest BCUT2D eigenvalue weighted by atomic mass is 16.6. The first-order valence-electron chi connectivity index (χ1n) is 4.32. The Bertz CT molecular complexity index is 234. The van der Waals surface area contributed by atoms with E-state index in [2.05, 4.69) is 11.3 Å². The molecule has 0 heterocycles. The van der Waals surface area contributed by atoms with Gasteiger partial charge in [0.25, 0.3) is 0 Å². The van der Waals surface area contributed by atoms with Crippen LogP contribution in [0.5, 0.6) is 0 Å². The molecule has 7 nitrogen and oxygen atoms in total. The molecule has 0 saturated heterocycles. The van der Waals surface area contributed by atoms with Crippen molar-refractivity contribution in [2.75, 3.05) is 0 Å². The molecule has 0 aromatic carbocycles. The molecule has 0 fully saturated rings. The maximum absolute atomic E-state index is 10.1. The first kappa shape index (κ1) is 17.0. The Balaban J connectivity index is 0. The molecule has 4 N–H and O–H groups in total. The molecule has 0 amide bonds. The second kappa shape index (κ2) is 8.84. The maximum atomic E-state index is 10.1. The number of carboxylic acid groups (broad SMARTS) is 1. The van der Waals surface area contributed by atoms with Crippen LogP contribution >= 0.6 is 0 Å². The average Bonchev–Trinajstić information content (AvgIpc) is 2.16. The Morgan fingerprint density at radius 3 is 1.75 bits per heavy atom. The van der Waals surface area contributed by atoms with Crippen LogP contribution in [0.15, 0.2) is 12.7 Å². The van der Waals surface area contributed by atoms with Gasteiger partial charge in [-0.1, -0.05) is 6.58 Å². The van der Waals surface area contributed by atoms with Crippen molar-refractivity contribution in [1.82, 2.24) is 0 Å². The van der Waals surface area contributed by atoms with Crippen molar-refractivity contribution in [2.45, 2.75) is 26.4 Å².